The summed E-state index contributed by atoms with van der Waals surface area (Å²) in [6.45, 7) is -2.10. The third kappa shape index (κ3) is 10.2. The second kappa shape index (κ2) is 17.5. The van der Waals surface area contributed by atoms with E-state index in [-0.39, 0.29) is 38.0 Å². The van der Waals surface area contributed by atoms with Crippen molar-refractivity contribution in [2.75, 3.05) is 31.6 Å². The number of aliphatic hydroxyl groups excluding tert-OH is 8. The molecule has 1 aliphatic heterocycles. The van der Waals surface area contributed by atoms with Gasteiger partial charge in [0.25, 0.3) is 0 Å². The summed E-state index contributed by atoms with van der Waals surface area (Å²) in [5.74, 6) is -5.94. The molecule has 0 radical (unpaired) electrons. The van der Waals surface area contributed by atoms with Crippen LogP contribution in [-0.2, 0) is 28.5 Å². The number of carbonyl (C=O) groups is 2. The highest BCUT2D eigenvalue weighted by atomic mass is 35.5. The quantitative estimate of drug-likeness (QED) is 0.0267. The average molecular weight is 703 g/mol. The molecule has 1 aliphatic carbocycles. The maximum atomic E-state index is 13.2. The van der Waals surface area contributed by atoms with Crippen LogP contribution in [0.25, 0.3) is 0 Å². The van der Waals surface area contributed by atoms with Crippen molar-refractivity contribution >= 4 is 46.7 Å². The second-order valence-corrected chi connectivity index (χ2v) is 11.9. The monoisotopic (exact) mass is 701 g/mol. The number of rotatable bonds is 19. The fourth-order valence-electron chi connectivity index (χ4n) is 4.43. The molecule has 2 fully saturated rings. The van der Waals surface area contributed by atoms with Crippen molar-refractivity contribution in [2.24, 2.45) is 5.92 Å². The molecular weight excluding hydrogens is 663 g/mol. The van der Waals surface area contributed by atoms with Gasteiger partial charge in [0.15, 0.2) is 6.29 Å². The summed E-state index contributed by atoms with van der Waals surface area (Å²) in [6.07, 6.45) is -16.0. The Morgan fingerprint density at radius 2 is 1.55 bits per heavy atom. The van der Waals surface area contributed by atoms with Crippen molar-refractivity contribution in [3.05, 3.63) is 0 Å². The van der Waals surface area contributed by atoms with E-state index in [0.717, 1.165) is 0 Å². The number of carbonyl (C=O) groups excluding carboxylic acids is 2. The highest BCUT2D eigenvalue weighted by molar-refractivity contribution is 6.21. The first-order valence-electron chi connectivity index (χ1n) is 13.8. The first-order valence-corrected chi connectivity index (χ1v) is 15.3. The van der Waals surface area contributed by atoms with Gasteiger partial charge in [-0.15, -0.1) is 34.8 Å². The largest absolute Gasteiger partial charge is 0.826 e. The molecule has 0 aromatic heterocycles. The van der Waals surface area contributed by atoms with Crippen molar-refractivity contribution in [1.82, 2.24) is 0 Å². The van der Waals surface area contributed by atoms with Crippen LogP contribution in [0.1, 0.15) is 32.1 Å². The number of unbranched alkanes of at least 4 members (excludes halogenated alkanes) is 1. The summed E-state index contributed by atoms with van der Waals surface area (Å²) in [7, 11) is 0. The fourth-order valence-corrected chi connectivity index (χ4v) is 5.30. The van der Waals surface area contributed by atoms with Gasteiger partial charge in [-0.3, -0.25) is 9.59 Å². The van der Waals surface area contributed by atoms with Crippen LogP contribution >= 0.6 is 34.8 Å². The molecule has 44 heavy (non-hydrogen) atoms. The van der Waals surface area contributed by atoms with Crippen molar-refractivity contribution in [1.29, 1.82) is 0 Å². The minimum absolute atomic E-state index is 0.0122. The molecule has 2 rings (SSSR count). The van der Waals surface area contributed by atoms with E-state index in [1.807, 2.05) is 0 Å². The molecular formula is C25H40Cl3O16-. The van der Waals surface area contributed by atoms with E-state index in [1.54, 1.807) is 0 Å². The number of hydrogen-bond donors (Lipinski definition) is 9. The molecule has 1 saturated heterocycles. The second-order valence-electron chi connectivity index (χ2n) is 10.9. The minimum Gasteiger partial charge on any atom is -0.826 e. The molecule has 0 aromatic carbocycles. The Labute approximate surface area is 267 Å². The molecule has 19 heteroatoms. The van der Waals surface area contributed by atoms with Gasteiger partial charge in [0.2, 0.25) is 0 Å². The van der Waals surface area contributed by atoms with Crippen LogP contribution in [0.15, 0.2) is 0 Å². The predicted octanol–water partition coefficient (Wildman–Crippen LogP) is -4.21. The Hall–Kier alpha value is -0.670. The average Bonchev–Trinajstić information content (AvgIpc) is 3.70. The number of ether oxygens (including phenoxy) is 4. The Balaban J connectivity index is 1.77. The van der Waals surface area contributed by atoms with E-state index in [9.17, 15) is 55.5 Å². The lowest BCUT2D eigenvalue weighted by Gasteiger charge is -2.50. The van der Waals surface area contributed by atoms with Gasteiger partial charge in [0, 0.05) is 36.3 Å². The third-order valence-corrected chi connectivity index (χ3v) is 8.76. The molecule has 1 saturated carbocycles. The molecule has 258 valence electrons. The smallest absolute Gasteiger partial charge is 0.305 e. The van der Waals surface area contributed by atoms with E-state index < -0.39 is 115 Å². The normalized spacial score (nSPS) is 33.4. The predicted molar refractivity (Wildman–Crippen MR) is 146 cm³/mol. The minimum atomic E-state index is -2.88. The van der Waals surface area contributed by atoms with Gasteiger partial charge in [0.05, 0.1) is 23.7 Å². The number of esters is 2. The van der Waals surface area contributed by atoms with Crippen molar-refractivity contribution in [3.63, 3.8) is 0 Å². The Morgan fingerprint density at radius 1 is 0.977 bits per heavy atom. The lowest BCUT2D eigenvalue weighted by molar-refractivity contribution is -0.589. The van der Waals surface area contributed by atoms with Gasteiger partial charge >= 0.3 is 11.9 Å². The van der Waals surface area contributed by atoms with Crippen LogP contribution in [0.4, 0.5) is 0 Å². The summed E-state index contributed by atoms with van der Waals surface area (Å²) in [4.78, 5) is 24.0. The maximum Gasteiger partial charge on any atom is 0.305 e. The summed E-state index contributed by atoms with van der Waals surface area (Å²) < 4.78 is 20.6. The third-order valence-electron chi connectivity index (χ3n) is 7.48. The van der Waals surface area contributed by atoms with Gasteiger partial charge in [0.1, 0.15) is 55.9 Å². The zero-order valence-electron chi connectivity index (χ0n) is 23.4. The molecule has 0 aromatic rings. The first-order chi connectivity index (χ1) is 20.6. The van der Waals surface area contributed by atoms with E-state index in [0.29, 0.717) is 0 Å². The summed E-state index contributed by atoms with van der Waals surface area (Å²) in [5, 5.41) is 101. The highest BCUT2D eigenvalue weighted by Gasteiger charge is 2.61. The van der Waals surface area contributed by atoms with Crippen molar-refractivity contribution < 1.29 is 79.6 Å². The number of aliphatic hydroxyl groups is 9. The summed E-state index contributed by atoms with van der Waals surface area (Å²) in [6, 6.07) is 0. The SMILES string of the molecule is O=C(CCCCC(=O)OC[C@@H](O)[C@@H](O)[C@H](O)[C@H](O)CO)OCC1O[C@H](O[C@@]([O-])(CCl)C(O)C2(O)C[C@@H]2CCl)C(O)C(O)[C@H]1Cl. The van der Waals surface area contributed by atoms with Crippen LogP contribution in [0.5, 0.6) is 0 Å². The highest BCUT2D eigenvalue weighted by Crippen LogP contribution is 2.49. The van der Waals surface area contributed by atoms with E-state index >= 15 is 0 Å². The van der Waals surface area contributed by atoms with Gasteiger partial charge in [-0.05, 0) is 19.3 Å². The first kappa shape index (κ1) is 39.5. The molecule has 16 nitrogen and oxygen atoms in total. The zero-order chi connectivity index (χ0) is 33.4. The topological polar surface area (TPSA) is 276 Å². The van der Waals surface area contributed by atoms with E-state index in [4.69, 9.17) is 58.9 Å². The summed E-state index contributed by atoms with van der Waals surface area (Å²) >= 11 is 17.6. The van der Waals surface area contributed by atoms with Crippen molar-refractivity contribution in [3.8, 4) is 0 Å². The Morgan fingerprint density at radius 3 is 2.07 bits per heavy atom. The van der Waals surface area contributed by atoms with E-state index in [2.05, 4.69) is 0 Å². The van der Waals surface area contributed by atoms with Gasteiger partial charge in [-0.1, -0.05) is 0 Å². The van der Waals surface area contributed by atoms with Gasteiger partial charge < -0.3 is 70.0 Å². The van der Waals surface area contributed by atoms with Crippen LogP contribution in [0.3, 0.4) is 0 Å². The Bertz CT molecular complexity index is 921. The number of alkyl halides is 3. The molecule has 0 bridgehead atoms. The molecule has 13 atom stereocenters. The van der Waals surface area contributed by atoms with Crippen molar-refractivity contribution in [2.45, 2.75) is 104 Å². The van der Waals surface area contributed by atoms with Gasteiger partial charge in [-0.25, -0.2) is 0 Å². The molecule has 9 N–H and O–H groups in total. The fraction of sp³-hybridized carbons (Fsp3) is 0.920. The lowest BCUT2D eigenvalue weighted by atomic mass is 10.00. The van der Waals surface area contributed by atoms with Crippen LogP contribution < -0.4 is 5.11 Å². The van der Waals surface area contributed by atoms with E-state index in [1.165, 1.54) is 0 Å². The molecule has 0 amide bonds. The molecule has 2 aliphatic rings. The zero-order valence-corrected chi connectivity index (χ0v) is 25.7. The van der Waals surface area contributed by atoms with Crippen LogP contribution in [0.2, 0.25) is 0 Å². The lowest BCUT2D eigenvalue weighted by Crippen LogP contribution is -2.68. The van der Waals surface area contributed by atoms with Crippen LogP contribution in [-0.4, -0.2) is 161 Å². The Kier molecular flexibility index (Phi) is 15.7. The molecule has 1 heterocycles. The van der Waals surface area contributed by atoms with Crippen LogP contribution in [0, 0.1) is 5.92 Å². The standard InChI is InChI=1S/C25H40Cl3O16/c26-6-11-5-24(11,39)23(38)25(40,10-27)44-22-21(37)20(36)17(28)14(43-22)9-42-16(33)4-2-1-3-15(32)41-8-13(31)19(35)18(34)12(30)7-29/h11-14,17-23,29-31,34-39H,1-10H2/q-1/t11-,12-,13-,14?,17+,18-,19-,20?,21?,22-,23?,24?,25+/m1/s1. The van der Waals surface area contributed by atoms with Gasteiger partial charge in [-0.2, -0.15) is 0 Å². The molecule has 5 unspecified atom stereocenters. The maximum absolute atomic E-state index is 13.2. The number of halogens is 3. The number of hydrogen-bond acceptors (Lipinski definition) is 16. The molecule has 0 spiro atoms. The summed E-state index contributed by atoms with van der Waals surface area (Å²) in [5.41, 5.74) is -1.87.